The van der Waals surface area contributed by atoms with Crippen LogP contribution in [-0.2, 0) is 4.74 Å². The summed E-state index contributed by atoms with van der Waals surface area (Å²) in [4.78, 5) is 14.0. The first-order valence-corrected chi connectivity index (χ1v) is 8.29. The Hall–Kier alpha value is -2.38. The van der Waals surface area contributed by atoms with Crippen LogP contribution in [0.25, 0.3) is 5.65 Å². The number of carbonyl (C=O) groups is 1. The first-order valence-electron chi connectivity index (χ1n) is 8.29. The second-order valence-corrected chi connectivity index (χ2v) is 7.14. The molecule has 1 amide bonds. The zero-order chi connectivity index (χ0) is 17.2. The van der Waals surface area contributed by atoms with Gasteiger partial charge in [0.25, 0.3) is 0 Å². The lowest BCUT2D eigenvalue weighted by Gasteiger charge is -2.32. The summed E-state index contributed by atoms with van der Waals surface area (Å²) >= 11 is 0. The van der Waals surface area contributed by atoms with E-state index >= 15 is 0 Å². The summed E-state index contributed by atoms with van der Waals surface area (Å²) in [5.74, 6) is 1.40. The smallest absolute Gasteiger partial charge is 0.407 e. The molecule has 0 aliphatic carbocycles. The number of piperidine rings is 1. The summed E-state index contributed by atoms with van der Waals surface area (Å²) in [6.45, 7) is 8.09. The van der Waals surface area contributed by atoms with Crippen molar-refractivity contribution in [1.82, 2.24) is 25.1 Å². The molecule has 2 aromatic rings. The molecule has 3 heterocycles. The molecule has 0 atom stereocenters. The lowest BCUT2D eigenvalue weighted by Crippen LogP contribution is -2.40. The summed E-state index contributed by atoms with van der Waals surface area (Å²) < 4.78 is 6.95. The van der Waals surface area contributed by atoms with Gasteiger partial charge in [-0.2, -0.15) is 4.52 Å². The highest BCUT2D eigenvalue weighted by molar-refractivity contribution is 5.67. The number of aromatic nitrogens is 4. The van der Waals surface area contributed by atoms with Crippen molar-refractivity contribution in [1.29, 1.82) is 0 Å². The average Bonchev–Trinajstić information content (AvgIpc) is 2.99. The van der Waals surface area contributed by atoms with E-state index in [0.717, 1.165) is 37.4 Å². The van der Waals surface area contributed by atoms with E-state index in [2.05, 4.69) is 25.5 Å². The minimum absolute atomic E-state index is 0.343. The second kappa shape index (κ2) is 6.62. The molecule has 0 unspecified atom stereocenters. The maximum absolute atomic E-state index is 11.7. The highest BCUT2D eigenvalue weighted by Gasteiger charge is 2.22. The van der Waals surface area contributed by atoms with E-state index in [1.165, 1.54) is 0 Å². The first-order chi connectivity index (χ1) is 11.4. The summed E-state index contributed by atoms with van der Waals surface area (Å²) in [7, 11) is 0. The van der Waals surface area contributed by atoms with E-state index in [-0.39, 0.29) is 6.09 Å². The van der Waals surface area contributed by atoms with Gasteiger partial charge < -0.3 is 15.0 Å². The lowest BCUT2D eigenvalue weighted by molar-refractivity contribution is 0.0517. The summed E-state index contributed by atoms with van der Waals surface area (Å²) in [5, 5.41) is 15.2. The Kier molecular flexibility index (Phi) is 4.55. The fourth-order valence-corrected chi connectivity index (χ4v) is 2.80. The molecule has 0 spiro atoms. The van der Waals surface area contributed by atoms with Crippen molar-refractivity contribution in [3.05, 3.63) is 18.5 Å². The topological polar surface area (TPSA) is 84.6 Å². The van der Waals surface area contributed by atoms with Crippen molar-refractivity contribution in [3.63, 3.8) is 0 Å². The average molecular weight is 332 g/mol. The monoisotopic (exact) mass is 332 g/mol. The van der Waals surface area contributed by atoms with Crippen LogP contribution in [0.5, 0.6) is 0 Å². The molecule has 8 heteroatoms. The predicted octanol–water partition coefficient (Wildman–Crippen LogP) is 1.87. The largest absolute Gasteiger partial charge is 0.444 e. The van der Waals surface area contributed by atoms with E-state index < -0.39 is 5.60 Å². The Morgan fingerprint density at radius 1 is 1.33 bits per heavy atom. The number of rotatable bonds is 3. The first kappa shape index (κ1) is 16.5. The van der Waals surface area contributed by atoms with E-state index in [4.69, 9.17) is 4.74 Å². The number of alkyl carbamates (subject to hydrolysis) is 1. The molecule has 1 aliphatic rings. The molecule has 0 saturated carbocycles. The Bertz CT molecular complexity index is 700. The van der Waals surface area contributed by atoms with Crippen LogP contribution in [0.3, 0.4) is 0 Å². The molecule has 0 bridgehead atoms. The molecular weight excluding hydrogens is 308 g/mol. The third kappa shape index (κ3) is 4.12. The van der Waals surface area contributed by atoms with Crippen LogP contribution in [0.2, 0.25) is 0 Å². The van der Waals surface area contributed by atoms with E-state index in [1.807, 2.05) is 32.9 Å². The summed E-state index contributed by atoms with van der Waals surface area (Å²) in [6, 6.07) is 3.90. The molecule has 1 aliphatic heterocycles. The number of amides is 1. The van der Waals surface area contributed by atoms with Gasteiger partial charge in [-0.3, -0.25) is 0 Å². The van der Waals surface area contributed by atoms with Gasteiger partial charge in [0.1, 0.15) is 17.7 Å². The molecule has 2 aromatic heterocycles. The van der Waals surface area contributed by atoms with E-state index in [9.17, 15) is 4.79 Å². The number of hydrogen-bond acceptors (Lipinski definition) is 6. The van der Waals surface area contributed by atoms with Gasteiger partial charge in [-0.25, -0.2) is 4.79 Å². The highest BCUT2D eigenvalue weighted by atomic mass is 16.6. The van der Waals surface area contributed by atoms with Crippen LogP contribution in [0.1, 0.15) is 33.6 Å². The molecule has 0 radical (unpaired) electrons. The van der Waals surface area contributed by atoms with Gasteiger partial charge in [0, 0.05) is 19.6 Å². The standard InChI is InChI=1S/C16H24N6O2/c1-16(2,3)24-15(23)17-10-12-6-8-21(9-7-12)14-5-4-13-19-18-11-22(13)20-14/h4-5,11-12H,6-10H2,1-3H3,(H,17,23). The predicted molar refractivity (Wildman–Crippen MR) is 90.0 cm³/mol. The third-order valence-corrected chi connectivity index (χ3v) is 4.02. The highest BCUT2D eigenvalue weighted by Crippen LogP contribution is 2.21. The molecule has 3 rings (SSSR count). The van der Waals surface area contributed by atoms with Gasteiger partial charge in [0.2, 0.25) is 0 Å². The molecule has 8 nitrogen and oxygen atoms in total. The molecule has 24 heavy (non-hydrogen) atoms. The Morgan fingerprint density at radius 2 is 2.08 bits per heavy atom. The summed E-state index contributed by atoms with van der Waals surface area (Å²) in [5.41, 5.74) is 0.287. The Balaban J connectivity index is 1.48. The number of nitrogens with zero attached hydrogens (tertiary/aromatic N) is 5. The van der Waals surface area contributed by atoms with Gasteiger partial charge in [0.15, 0.2) is 5.65 Å². The maximum atomic E-state index is 11.7. The number of nitrogens with one attached hydrogen (secondary N) is 1. The van der Waals surface area contributed by atoms with Crippen LogP contribution >= 0.6 is 0 Å². The number of carbonyl (C=O) groups excluding carboxylic acids is 1. The maximum Gasteiger partial charge on any atom is 0.407 e. The zero-order valence-corrected chi connectivity index (χ0v) is 14.4. The van der Waals surface area contributed by atoms with Gasteiger partial charge in [-0.05, 0) is 51.7 Å². The zero-order valence-electron chi connectivity index (χ0n) is 14.4. The van der Waals surface area contributed by atoms with Gasteiger partial charge in [-0.1, -0.05) is 0 Å². The number of hydrogen-bond donors (Lipinski definition) is 1. The van der Waals surface area contributed by atoms with Crippen molar-refractivity contribution in [3.8, 4) is 0 Å². The SMILES string of the molecule is CC(C)(C)OC(=O)NCC1CCN(c2ccc3nncn3n2)CC1. The molecule has 1 N–H and O–H groups in total. The van der Waals surface area contributed by atoms with Crippen molar-refractivity contribution < 1.29 is 9.53 Å². The number of fused-ring (bicyclic) bond motifs is 1. The second-order valence-electron chi connectivity index (χ2n) is 7.14. The van der Waals surface area contributed by atoms with Crippen LogP contribution in [0.4, 0.5) is 10.6 Å². The summed E-state index contributed by atoms with van der Waals surface area (Å²) in [6.07, 6.45) is 3.29. The quantitative estimate of drug-likeness (QED) is 0.923. The number of ether oxygens (including phenoxy) is 1. The van der Waals surface area contributed by atoms with Crippen molar-refractivity contribution in [2.75, 3.05) is 24.5 Å². The minimum atomic E-state index is -0.458. The van der Waals surface area contributed by atoms with Crippen LogP contribution in [0.15, 0.2) is 18.5 Å². The van der Waals surface area contributed by atoms with Crippen molar-refractivity contribution in [2.24, 2.45) is 5.92 Å². The van der Waals surface area contributed by atoms with E-state index in [1.54, 1.807) is 10.8 Å². The molecule has 130 valence electrons. The third-order valence-electron chi connectivity index (χ3n) is 4.02. The Morgan fingerprint density at radius 3 is 2.79 bits per heavy atom. The van der Waals surface area contributed by atoms with Gasteiger partial charge in [0.05, 0.1) is 0 Å². The minimum Gasteiger partial charge on any atom is -0.444 e. The fraction of sp³-hybridized carbons (Fsp3) is 0.625. The molecular formula is C16H24N6O2. The van der Waals surface area contributed by atoms with Gasteiger partial charge in [-0.15, -0.1) is 15.3 Å². The molecule has 0 aromatic carbocycles. The van der Waals surface area contributed by atoms with Crippen LogP contribution in [0, 0.1) is 5.92 Å². The normalized spacial score (nSPS) is 16.4. The lowest BCUT2D eigenvalue weighted by atomic mass is 9.97. The molecule has 1 saturated heterocycles. The number of anilines is 1. The fourth-order valence-electron chi connectivity index (χ4n) is 2.80. The molecule has 1 fully saturated rings. The van der Waals surface area contributed by atoms with Crippen molar-refractivity contribution >= 4 is 17.6 Å². The van der Waals surface area contributed by atoms with Gasteiger partial charge >= 0.3 is 6.09 Å². The van der Waals surface area contributed by atoms with E-state index in [0.29, 0.717) is 12.5 Å². The van der Waals surface area contributed by atoms with Crippen LogP contribution < -0.4 is 10.2 Å². The van der Waals surface area contributed by atoms with Crippen molar-refractivity contribution in [2.45, 2.75) is 39.2 Å². The Labute approximate surface area is 141 Å². The van der Waals surface area contributed by atoms with Crippen LogP contribution in [-0.4, -0.2) is 51.1 Å².